The standard InChI is InChI=1S/C23H32N6O3/c1-15(12-31-2)26-23-24-9-22-20(18-8-25-28(11-18)10-16-13-32-14-16)7-21(29(22)27-23)17-3-5-19(30)6-4-17/h7-9,11,15-17,19,30H,3-6,10,12-14H2,1-2H3,(H,26,27)/t15-,17?,19?/m0/s1. The fourth-order valence-corrected chi connectivity index (χ4v) is 4.74. The summed E-state index contributed by atoms with van der Waals surface area (Å²) in [6.07, 6.45) is 9.31. The second kappa shape index (κ2) is 9.17. The molecule has 1 aliphatic heterocycles. The number of nitrogens with one attached hydrogen (secondary N) is 1. The summed E-state index contributed by atoms with van der Waals surface area (Å²) in [4.78, 5) is 4.58. The van der Waals surface area contributed by atoms with E-state index in [1.165, 1.54) is 5.69 Å². The summed E-state index contributed by atoms with van der Waals surface area (Å²) in [5.41, 5.74) is 4.31. The molecule has 0 spiro atoms. The van der Waals surface area contributed by atoms with Crippen LogP contribution in [-0.4, -0.2) is 68.6 Å². The first-order valence-corrected chi connectivity index (χ1v) is 11.5. The lowest BCUT2D eigenvalue weighted by atomic mass is 9.85. The Kier molecular flexibility index (Phi) is 6.12. The van der Waals surface area contributed by atoms with Gasteiger partial charge >= 0.3 is 0 Å². The summed E-state index contributed by atoms with van der Waals surface area (Å²) in [6.45, 7) is 5.13. The van der Waals surface area contributed by atoms with Crippen LogP contribution in [0.2, 0.25) is 0 Å². The number of aromatic nitrogens is 5. The Morgan fingerprint density at radius 2 is 2.06 bits per heavy atom. The molecule has 0 aromatic carbocycles. The van der Waals surface area contributed by atoms with Crippen molar-refractivity contribution in [3.63, 3.8) is 0 Å². The molecule has 5 rings (SSSR count). The Labute approximate surface area is 187 Å². The van der Waals surface area contributed by atoms with E-state index in [2.05, 4.69) is 27.7 Å². The molecule has 172 valence electrons. The third-order valence-corrected chi connectivity index (χ3v) is 6.55. The predicted octanol–water partition coefficient (Wildman–Crippen LogP) is 2.70. The first kappa shape index (κ1) is 21.4. The van der Waals surface area contributed by atoms with Gasteiger partial charge in [-0.15, -0.1) is 5.10 Å². The van der Waals surface area contributed by atoms with Gasteiger partial charge in [-0.2, -0.15) is 5.10 Å². The maximum absolute atomic E-state index is 9.99. The van der Waals surface area contributed by atoms with E-state index in [1.807, 2.05) is 28.5 Å². The largest absolute Gasteiger partial charge is 0.393 e. The van der Waals surface area contributed by atoms with E-state index >= 15 is 0 Å². The number of nitrogens with zero attached hydrogens (tertiary/aromatic N) is 5. The van der Waals surface area contributed by atoms with Gasteiger partial charge in [-0.25, -0.2) is 9.50 Å². The summed E-state index contributed by atoms with van der Waals surface area (Å²) in [7, 11) is 1.69. The van der Waals surface area contributed by atoms with Gasteiger partial charge in [0.05, 0.1) is 43.8 Å². The molecule has 1 saturated carbocycles. The van der Waals surface area contributed by atoms with Crippen molar-refractivity contribution in [2.75, 3.05) is 32.2 Å². The van der Waals surface area contributed by atoms with Crippen LogP contribution in [0.4, 0.5) is 5.95 Å². The molecule has 9 nitrogen and oxygen atoms in total. The highest BCUT2D eigenvalue weighted by Crippen LogP contribution is 2.37. The topological polar surface area (TPSA) is 98.7 Å². The van der Waals surface area contributed by atoms with Crippen molar-refractivity contribution in [3.05, 3.63) is 30.4 Å². The zero-order valence-corrected chi connectivity index (χ0v) is 18.8. The monoisotopic (exact) mass is 440 g/mol. The normalized spacial score (nSPS) is 22.7. The molecule has 2 N–H and O–H groups in total. The van der Waals surface area contributed by atoms with Gasteiger partial charge in [-0.3, -0.25) is 4.68 Å². The van der Waals surface area contributed by atoms with Crippen LogP contribution in [0.25, 0.3) is 16.6 Å². The Hall–Kier alpha value is -2.49. The molecule has 3 aromatic rings. The minimum Gasteiger partial charge on any atom is -0.393 e. The number of fused-ring (bicyclic) bond motifs is 1. The summed E-state index contributed by atoms with van der Waals surface area (Å²) >= 11 is 0. The zero-order chi connectivity index (χ0) is 22.1. The van der Waals surface area contributed by atoms with E-state index in [0.29, 0.717) is 24.4 Å². The average Bonchev–Trinajstić information content (AvgIpc) is 3.36. The number of aliphatic hydroxyl groups is 1. The van der Waals surface area contributed by atoms with Gasteiger partial charge in [0.1, 0.15) is 0 Å². The van der Waals surface area contributed by atoms with Crippen molar-refractivity contribution in [3.8, 4) is 11.1 Å². The number of aliphatic hydroxyl groups excluding tert-OH is 1. The van der Waals surface area contributed by atoms with Crippen molar-refractivity contribution >= 4 is 11.5 Å². The van der Waals surface area contributed by atoms with Gasteiger partial charge in [-0.1, -0.05) is 0 Å². The minimum absolute atomic E-state index is 0.106. The molecule has 0 amide bonds. The van der Waals surface area contributed by atoms with E-state index in [9.17, 15) is 5.11 Å². The lowest BCUT2D eigenvalue weighted by Gasteiger charge is -2.25. The highest BCUT2D eigenvalue weighted by molar-refractivity contribution is 5.81. The zero-order valence-electron chi connectivity index (χ0n) is 18.8. The molecule has 32 heavy (non-hydrogen) atoms. The van der Waals surface area contributed by atoms with Crippen molar-refractivity contribution in [1.29, 1.82) is 0 Å². The van der Waals surface area contributed by atoms with E-state index in [1.54, 1.807) is 7.11 Å². The van der Waals surface area contributed by atoms with Crippen LogP contribution < -0.4 is 5.32 Å². The number of methoxy groups -OCH3 is 1. The number of rotatable bonds is 8. The predicted molar refractivity (Wildman–Crippen MR) is 121 cm³/mol. The van der Waals surface area contributed by atoms with Crippen molar-refractivity contribution < 1.29 is 14.6 Å². The van der Waals surface area contributed by atoms with Gasteiger partial charge in [0, 0.05) is 54.5 Å². The van der Waals surface area contributed by atoms with Gasteiger partial charge < -0.3 is 19.9 Å². The van der Waals surface area contributed by atoms with E-state index < -0.39 is 0 Å². The molecule has 2 aliphatic rings. The van der Waals surface area contributed by atoms with Crippen LogP contribution in [0, 0.1) is 5.92 Å². The number of anilines is 1. The van der Waals surface area contributed by atoms with Crippen LogP contribution >= 0.6 is 0 Å². The molecule has 9 heteroatoms. The van der Waals surface area contributed by atoms with E-state index in [-0.39, 0.29) is 12.1 Å². The molecule has 3 aromatic heterocycles. The van der Waals surface area contributed by atoms with E-state index in [4.69, 9.17) is 14.6 Å². The molecule has 0 unspecified atom stereocenters. The molecule has 0 bridgehead atoms. The van der Waals surface area contributed by atoms with Crippen LogP contribution in [0.1, 0.15) is 44.2 Å². The maximum Gasteiger partial charge on any atom is 0.241 e. The highest BCUT2D eigenvalue weighted by atomic mass is 16.5. The van der Waals surface area contributed by atoms with Crippen molar-refractivity contribution in [2.24, 2.45) is 5.92 Å². The van der Waals surface area contributed by atoms with Gasteiger partial charge in [-0.05, 0) is 38.7 Å². The van der Waals surface area contributed by atoms with Crippen molar-refractivity contribution in [1.82, 2.24) is 24.4 Å². The minimum atomic E-state index is -0.188. The molecule has 1 atom stereocenters. The molecule has 2 fully saturated rings. The lowest BCUT2D eigenvalue weighted by molar-refractivity contribution is -0.0408. The van der Waals surface area contributed by atoms with Crippen LogP contribution in [0.15, 0.2) is 24.7 Å². The van der Waals surface area contributed by atoms with Crippen LogP contribution in [-0.2, 0) is 16.0 Å². The third kappa shape index (κ3) is 4.37. The molecular formula is C23H32N6O3. The second-order valence-electron chi connectivity index (χ2n) is 9.22. The Morgan fingerprint density at radius 3 is 2.78 bits per heavy atom. The molecule has 0 radical (unpaired) electrons. The molecule has 4 heterocycles. The lowest BCUT2D eigenvalue weighted by Crippen LogP contribution is -2.31. The Morgan fingerprint density at radius 1 is 1.25 bits per heavy atom. The summed E-state index contributed by atoms with van der Waals surface area (Å²) in [5.74, 6) is 1.49. The number of hydrogen-bond acceptors (Lipinski definition) is 7. The van der Waals surface area contributed by atoms with Gasteiger partial charge in [0.2, 0.25) is 5.95 Å². The number of ether oxygens (including phenoxy) is 2. The Bertz CT molecular complexity index is 1050. The highest BCUT2D eigenvalue weighted by Gasteiger charge is 2.26. The maximum atomic E-state index is 9.99. The summed E-state index contributed by atoms with van der Waals surface area (Å²) in [6, 6.07) is 2.34. The van der Waals surface area contributed by atoms with E-state index in [0.717, 1.165) is 62.1 Å². The first-order valence-electron chi connectivity index (χ1n) is 11.5. The summed E-state index contributed by atoms with van der Waals surface area (Å²) in [5, 5.41) is 22.7. The smallest absolute Gasteiger partial charge is 0.241 e. The first-order chi connectivity index (χ1) is 15.6. The molecule has 1 saturated heterocycles. The third-order valence-electron chi connectivity index (χ3n) is 6.55. The fraction of sp³-hybridized carbons (Fsp3) is 0.609. The van der Waals surface area contributed by atoms with Gasteiger partial charge in [0.25, 0.3) is 0 Å². The SMILES string of the molecule is COC[C@H](C)Nc1ncc2c(-c3cnn(CC4COC4)c3)cc(C3CCC(O)CC3)n2n1. The number of hydrogen-bond donors (Lipinski definition) is 2. The second-order valence-corrected chi connectivity index (χ2v) is 9.22. The summed E-state index contributed by atoms with van der Waals surface area (Å²) < 4.78 is 14.6. The van der Waals surface area contributed by atoms with Crippen molar-refractivity contribution in [2.45, 2.75) is 57.2 Å². The van der Waals surface area contributed by atoms with Crippen LogP contribution in [0.3, 0.4) is 0 Å². The Balaban J connectivity index is 1.49. The van der Waals surface area contributed by atoms with Crippen LogP contribution in [0.5, 0.6) is 0 Å². The molecule has 1 aliphatic carbocycles. The quantitative estimate of drug-likeness (QED) is 0.556. The average molecular weight is 441 g/mol. The molecular weight excluding hydrogens is 408 g/mol. The fourth-order valence-electron chi connectivity index (χ4n) is 4.74. The van der Waals surface area contributed by atoms with Gasteiger partial charge in [0.15, 0.2) is 0 Å².